The van der Waals surface area contributed by atoms with Crippen LogP contribution in [0.2, 0.25) is 0 Å². The molecule has 3 rings (SSSR count). The summed E-state index contributed by atoms with van der Waals surface area (Å²) >= 11 is 1.64. The Morgan fingerprint density at radius 2 is 2.10 bits per heavy atom. The zero-order valence-corrected chi connectivity index (χ0v) is 12.4. The lowest BCUT2D eigenvalue weighted by Gasteiger charge is -2.04. The van der Waals surface area contributed by atoms with Gasteiger partial charge in [-0.25, -0.2) is 0 Å². The molecule has 0 saturated heterocycles. The van der Waals surface area contributed by atoms with Crippen molar-refractivity contribution in [3.63, 3.8) is 0 Å². The van der Waals surface area contributed by atoms with Gasteiger partial charge in [0.15, 0.2) is 0 Å². The summed E-state index contributed by atoms with van der Waals surface area (Å²) in [4.78, 5) is 17.4. The Hall–Kier alpha value is -2.40. The average molecular weight is 297 g/mol. The number of carbonyl (C=O) groups is 1. The summed E-state index contributed by atoms with van der Waals surface area (Å²) in [7, 11) is 1.88. The molecule has 106 valence electrons. The molecule has 0 aliphatic heterocycles. The normalized spacial score (nSPS) is 10.5. The highest BCUT2D eigenvalue weighted by atomic mass is 32.1. The summed E-state index contributed by atoms with van der Waals surface area (Å²) in [6, 6.07) is 9.76. The molecule has 1 N–H and O–H groups in total. The number of nitrogens with zero attached hydrogens (tertiary/aromatic N) is 2. The van der Waals surface area contributed by atoms with Crippen molar-refractivity contribution < 1.29 is 4.79 Å². The topological polar surface area (TPSA) is 46.9 Å². The first-order valence-electron chi connectivity index (χ1n) is 6.61. The second-order valence-electron chi connectivity index (χ2n) is 4.72. The predicted molar refractivity (Wildman–Crippen MR) is 84.1 cm³/mol. The van der Waals surface area contributed by atoms with Gasteiger partial charge in [0.05, 0.1) is 6.54 Å². The van der Waals surface area contributed by atoms with Gasteiger partial charge in [-0.05, 0) is 35.2 Å². The first kappa shape index (κ1) is 13.6. The summed E-state index contributed by atoms with van der Waals surface area (Å²) in [5.74, 6) is -0.0637. The fourth-order valence-electron chi connectivity index (χ4n) is 2.16. The first-order valence-corrected chi connectivity index (χ1v) is 7.49. The van der Waals surface area contributed by atoms with E-state index in [2.05, 4.69) is 10.3 Å². The van der Waals surface area contributed by atoms with Crippen molar-refractivity contribution in [2.24, 2.45) is 7.05 Å². The number of aryl methyl sites for hydroxylation is 1. The second kappa shape index (κ2) is 5.93. The first-order chi connectivity index (χ1) is 10.2. The second-order valence-corrected chi connectivity index (χ2v) is 5.76. The number of thiophene rings is 1. The van der Waals surface area contributed by atoms with Gasteiger partial charge in [0.25, 0.3) is 5.91 Å². The van der Waals surface area contributed by atoms with E-state index in [1.165, 1.54) is 0 Å². The largest absolute Gasteiger partial charge is 0.346 e. The Labute approximate surface area is 127 Å². The highest BCUT2D eigenvalue weighted by Gasteiger charge is 2.12. The molecule has 0 unspecified atom stereocenters. The summed E-state index contributed by atoms with van der Waals surface area (Å²) in [5.41, 5.74) is 2.72. The number of carbonyl (C=O) groups excluding carboxylic acids is 1. The van der Waals surface area contributed by atoms with Gasteiger partial charge in [-0.15, -0.1) is 11.3 Å². The van der Waals surface area contributed by atoms with Crippen molar-refractivity contribution >= 4 is 17.2 Å². The SMILES string of the molecule is Cn1cc(-c2ccncc2)cc1C(=O)NCc1cccs1. The molecular weight excluding hydrogens is 282 g/mol. The van der Waals surface area contributed by atoms with Gasteiger partial charge >= 0.3 is 0 Å². The highest BCUT2D eigenvalue weighted by molar-refractivity contribution is 7.09. The number of nitrogens with one attached hydrogen (secondary N) is 1. The molecule has 5 heteroatoms. The van der Waals surface area contributed by atoms with Crippen molar-refractivity contribution in [1.82, 2.24) is 14.9 Å². The van der Waals surface area contributed by atoms with E-state index in [4.69, 9.17) is 0 Å². The van der Waals surface area contributed by atoms with Gasteiger partial charge in [0.1, 0.15) is 5.69 Å². The molecule has 0 atom stereocenters. The van der Waals surface area contributed by atoms with E-state index in [9.17, 15) is 4.79 Å². The molecule has 0 radical (unpaired) electrons. The molecule has 0 aliphatic carbocycles. The van der Waals surface area contributed by atoms with Crippen LogP contribution >= 0.6 is 11.3 Å². The van der Waals surface area contributed by atoms with Gasteiger partial charge in [-0.2, -0.15) is 0 Å². The van der Waals surface area contributed by atoms with Crippen LogP contribution in [0, 0.1) is 0 Å². The van der Waals surface area contributed by atoms with Crippen LogP contribution in [0.5, 0.6) is 0 Å². The fourth-order valence-corrected chi connectivity index (χ4v) is 2.81. The lowest BCUT2D eigenvalue weighted by molar-refractivity contribution is 0.0943. The van der Waals surface area contributed by atoms with E-state index < -0.39 is 0 Å². The summed E-state index contributed by atoms with van der Waals surface area (Å²) in [6.45, 7) is 0.562. The lowest BCUT2D eigenvalue weighted by Crippen LogP contribution is -2.24. The molecule has 21 heavy (non-hydrogen) atoms. The Kier molecular flexibility index (Phi) is 3.83. The third kappa shape index (κ3) is 3.03. The highest BCUT2D eigenvalue weighted by Crippen LogP contribution is 2.21. The number of amides is 1. The van der Waals surface area contributed by atoms with E-state index >= 15 is 0 Å². The number of hydrogen-bond acceptors (Lipinski definition) is 3. The zero-order valence-electron chi connectivity index (χ0n) is 11.6. The van der Waals surface area contributed by atoms with Crippen molar-refractivity contribution in [1.29, 1.82) is 0 Å². The maximum atomic E-state index is 12.3. The molecule has 3 aromatic heterocycles. The van der Waals surface area contributed by atoms with Crippen molar-refractivity contribution in [2.45, 2.75) is 6.54 Å². The van der Waals surface area contributed by atoms with Crippen molar-refractivity contribution in [3.8, 4) is 11.1 Å². The molecule has 0 fully saturated rings. The van der Waals surface area contributed by atoms with Gasteiger partial charge in [0.2, 0.25) is 0 Å². The van der Waals surface area contributed by atoms with E-state index in [-0.39, 0.29) is 5.91 Å². The van der Waals surface area contributed by atoms with Crippen LogP contribution in [0.15, 0.2) is 54.3 Å². The molecule has 4 nitrogen and oxygen atoms in total. The molecule has 3 heterocycles. The predicted octanol–water partition coefficient (Wildman–Crippen LogP) is 3.08. The third-order valence-corrected chi connectivity index (χ3v) is 4.13. The molecular formula is C16H15N3OS. The number of pyridine rings is 1. The van der Waals surface area contributed by atoms with Gasteiger partial charge in [-0.3, -0.25) is 9.78 Å². The van der Waals surface area contributed by atoms with Crippen LogP contribution in [0.25, 0.3) is 11.1 Å². The van der Waals surface area contributed by atoms with Gasteiger partial charge in [-0.1, -0.05) is 6.07 Å². The molecule has 0 saturated carbocycles. The fraction of sp³-hybridized carbons (Fsp3) is 0.125. The Morgan fingerprint density at radius 1 is 1.29 bits per heavy atom. The molecule has 0 aliphatic rings. The maximum Gasteiger partial charge on any atom is 0.268 e. The minimum absolute atomic E-state index is 0.0637. The minimum Gasteiger partial charge on any atom is -0.346 e. The number of rotatable bonds is 4. The van der Waals surface area contributed by atoms with E-state index in [1.54, 1.807) is 23.7 Å². The summed E-state index contributed by atoms with van der Waals surface area (Å²) in [5, 5.41) is 4.95. The molecule has 3 aromatic rings. The van der Waals surface area contributed by atoms with Crippen molar-refractivity contribution in [3.05, 3.63) is 64.9 Å². The average Bonchev–Trinajstić information content (AvgIpc) is 3.15. The monoisotopic (exact) mass is 297 g/mol. The summed E-state index contributed by atoms with van der Waals surface area (Å²) < 4.78 is 1.85. The van der Waals surface area contributed by atoms with Crippen LogP contribution < -0.4 is 5.32 Å². The van der Waals surface area contributed by atoms with Gasteiger partial charge in [0, 0.05) is 36.1 Å². The molecule has 1 amide bonds. The Morgan fingerprint density at radius 3 is 2.81 bits per heavy atom. The number of hydrogen-bond donors (Lipinski definition) is 1. The zero-order chi connectivity index (χ0) is 14.7. The van der Waals surface area contributed by atoms with Crippen LogP contribution in [0.3, 0.4) is 0 Å². The summed E-state index contributed by atoms with van der Waals surface area (Å²) in [6.07, 6.45) is 5.45. The molecule has 0 spiro atoms. The standard InChI is InChI=1S/C16H15N3OS/c1-19-11-13(12-4-6-17-7-5-12)9-15(19)16(20)18-10-14-3-2-8-21-14/h2-9,11H,10H2,1H3,(H,18,20). The van der Waals surface area contributed by atoms with Crippen LogP contribution in [-0.4, -0.2) is 15.5 Å². The van der Waals surface area contributed by atoms with E-state index in [0.29, 0.717) is 12.2 Å². The quantitative estimate of drug-likeness (QED) is 0.804. The Balaban J connectivity index is 1.76. The molecule has 0 aromatic carbocycles. The van der Waals surface area contributed by atoms with Crippen molar-refractivity contribution in [2.75, 3.05) is 0 Å². The minimum atomic E-state index is -0.0637. The van der Waals surface area contributed by atoms with Crippen LogP contribution in [0.4, 0.5) is 0 Å². The van der Waals surface area contributed by atoms with Crippen LogP contribution in [0.1, 0.15) is 15.4 Å². The number of aromatic nitrogens is 2. The molecule has 0 bridgehead atoms. The smallest absolute Gasteiger partial charge is 0.268 e. The van der Waals surface area contributed by atoms with Gasteiger partial charge < -0.3 is 9.88 Å². The maximum absolute atomic E-state index is 12.3. The lowest BCUT2D eigenvalue weighted by atomic mass is 10.1. The third-order valence-electron chi connectivity index (χ3n) is 3.25. The Bertz CT molecular complexity index is 732. The van der Waals surface area contributed by atoms with E-state index in [1.807, 2.05) is 53.5 Å². The van der Waals surface area contributed by atoms with Crippen LogP contribution in [-0.2, 0) is 13.6 Å². The van der Waals surface area contributed by atoms with E-state index in [0.717, 1.165) is 16.0 Å².